The molecule has 1 amide bonds. The summed E-state index contributed by atoms with van der Waals surface area (Å²) in [7, 11) is 1.39. The SMILES string of the molecule is COC(=O)CCCCCCC(=O)Nc1cccc(Cl)c1. The van der Waals surface area contributed by atoms with Gasteiger partial charge in [-0.1, -0.05) is 30.5 Å². The Morgan fingerprint density at radius 2 is 1.85 bits per heavy atom. The summed E-state index contributed by atoms with van der Waals surface area (Å²) in [4.78, 5) is 22.6. The summed E-state index contributed by atoms with van der Waals surface area (Å²) in [6, 6.07) is 7.08. The molecule has 0 saturated carbocycles. The Morgan fingerprint density at radius 3 is 2.50 bits per heavy atom. The summed E-state index contributed by atoms with van der Waals surface area (Å²) in [5, 5.41) is 3.41. The van der Waals surface area contributed by atoms with Crippen molar-refractivity contribution in [1.29, 1.82) is 0 Å². The van der Waals surface area contributed by atoms with Crippen LogP contribution in [0.1, 0.15) is 38.5 Å². The van der Waals surface area contributed by atoms with E-state index in [1.165, 1.54) is 7.11 Å². The minimum absolute atomic E-state index is 0.0137. The van der Waals surface area contributed by atoms with E-state index in [1.54, 1.807) is 24.3 Å². The van der Waals surface area contributed by atoms with Crippen molar-refractivity contribution in [3.63, 3.8) is 0 Å². The van der Waals surface area contributed by atoms with Gasteiger partial charge in [0.05, 0.1) is 7.11 Å². The zero-order chi connectivity index (χ0) is 14.8. The van der Waals surface area contributed by atoms with Gasteiger partial charge in [0.15, 0.2) is 0 Å². The summed E-state index contributed by atoms with van der Waals surface area (Å²) >= 11 is 5.84. The number of methoxy groups -OCH3 is 1. The van der Waals surface area contributed by atoms with Crippen molar-refractivity contribution in [3.8, 4) is 0 Å². The molecular weight excluding hydrogens is 278 g/mol. The summed E-state index contributed by atoms with van der Waals surface area (Å²) in [6.45, 7) is 0. The molecule has 110 valence electrons. The molecule has 0 aromatic heterocycles. The number of amides is 1. The summed E-state index contributed by atoms with van der Waals surface area (Å²) in [5.41, 5.74) is 0.716. The fraction of sp³-hybridized carbons (Fsp3) is 0.467. The first-order valence-electron chi connectivity index (χ1n) is 6.74. The van der Waals surface area contributed by atoms with E-state index < -0.39 is 0 Å². The van der Waals surface area contributed by atoms with E-state index in [9.17, 15) is 9.59 Å². The van der Waals surface area contributed by atoms with E-state index in [0.717, 1.165) is 25.7 Å². The van der Waals surface area contributed by atoms with Crippen LogP contribution >= 0.6 is 11.6 Å². The number of halogens is 1. The van der Waals surface area contributed by atoms with Crippen LogP contribution in [0.3, 0.4) is 0 Å². The Labute approximate surface area is 124 Å². The van der Waals surface area contributed by atoms with Crippen LogP contribution in [0.2, 0.25) is 5.02 Å². The number of anilines is 1. The van der Waals surface area contributed by atoms with Crippen LogP contribution in [0, 0.1) is 0 Å². The average Bonchev–Trinajstić information content (AvgIpc) is 2.42. The fourth-order valence-corrected chi connectivity index (χ4v) is 1.99. The van der Waals surface area contributed by atoms with Crippen molar-refractivity contribution < 1.29 is 14.3 Å². The van der Waals surface area contributed by atoms with Crippen LogP contribution in [0.5, 0.6) is 0 Å². The third kappa shape index (κ3) is 7.14. The molecular formula is C15H20ClNO3. The van der Waals surface area contributed by atoms with Crippen LogP contribution in [0.25, 0.3) is 0 Å². The van der Waals surface area contributed by atoms with E-state index in [-0.39, 0.29) is 11.9 Å². The van der Waals surface area contributed by atoms with Crippen LogP contribution in [-0.4, -0.2) is 19.0 Å². The van der Waals surface area contributed by atoms with Gasteiger partial charge in [-0.25, -0.2) is 0 Å². The van der Waals surface area contributed by atoms with Gasteiger partial charge in [-0.05, 0) is 31.0 Å². The maximum Gasteiger partial charge on any atom is 0.305 e. The number of unbranched alkanes of at least 4 members (excludes halogenated alkanes) is 3. The molecule has 4 nitrogen and oxygen atoms in total. The third-order valence-electron chi connectivity index (χ3n) is 2.87. The molecule has 0 aliphatic carbocycles. The summed E-state index contributed by atoms with van der Waals surface area (Å²) in [5.74, 6) is -0.191. The molecule has 20 heavy (non-hydrogen) atoms. The number of nitrogens with one attached hydrogen (secondary N) is 1. The van der Waals surface area contributed by atoms with E-state index in [0.29, 0.717) is 23.6 Å². The van der Waals surface area contributed by atoms with Crippen LogP contribution in [-0.2, 0) is 14.3 Å². The van der Waals surface area contributed by atoms with Crippen molar-refractivity contribution >= 4 is 29.2 Å². The number of benzene rings is 1. The normalized spacial score (nSPS) is 10.1. The predicted molar refractivity (Wildman–Crippen MR) is 79.8 cm³/mol. The van der Waals surface area contributed by atoms with Crippen LogP contribution in [0.15, 0.2) is 24.3 Å². The number of ether oxygens (including phenoxy) is 1. The number of hydrogen-bond acceptors (Lipinski definition) is 3. The molecule has 0 fully saturated rings. The summed E-state index contributed by atoms with van der Waals surface area (Å²) < 4.78 is 4.56. The van der Waals surface area contributed by atoms with Gasteiger partial charge in [-0.2, -0.15) is 0 Å². The first kappa shape index (κ1) is 16.5. The number of hydrogen-bond donors (Lipinski definition) is 1. The Morgan fingerprint density at radius 1 is 1.15 bits per heavy atom. The molecule has 0 spiro atoms. The highest BCUT2D eigenvalue weighted by Gasteiger charge is 2.03. The number of esters is 1. The second-order valence-corrected chi connectivity index (χ2v) is 4.99. The zero-order valence-electron chi connectivity index (χ0n) is 11.7. The van der Waals surface area contributed by atoms with Gasteiger partial charge in [-0.15, -0.1) is 0 Å². The van der Waals surface area contributed by atoms with Gasteiger partial charge < -0.3 is 10.1 Å². The molecule has 0 bridgehead atoms. The van der Waals surface area contributed by atoms with Gasteiger partial charge in [0, 0.05) is 23.6 Å². The number of carbonyl (C=O) groups is 2. The number of carbonyl (C=O) groups excluding carboxylic acids is 2. The van der Waals surface area contributed by atoms with Crippen LogP contribution < -0.4 is 5.32 Å². The maximum atomic E-state index is 11.7. The van der Waals surface area contributed by atoms with E-state index in [2.05, 4.69) is 10.1 Å². The Balaban J connectivity index is 2.10. The lowest BCUT2D eigenvalue weighted by molar-refractivity contribution is -0.140. The summed E-state index contributed by atoms with van der Waals surface area (Å²) in [6.07, 6.45) is 4.41. The molecule has 0 heterocycles. The second-order valence-electron chi connectivity index (χ2n) is 4.55. The first-order valence-corrected chi connectivity index (χ1v) is 7.12. The molecule has 0 atom stereocenters. The Bertz CT molecular complexity index is 448. The molecule has 0 unspecified atom stereocenters. The first-order chi connectivity index (χ1) is 9.61. The van der Waals surface area contributed by atoms with Gasteiger partial charge >= 0.3 is 5.97 Å². The molecule has 0 aliphatic rings. The van der Waals surface area contributed by atoms with Crippen molar-refractivity contribution in [2.24, 2.45) is 0 Å². The van der Waals surface area contributed by atoms with Crippen molar-refractivity contribution in [2.75, 3.05) is 12.4 Å². The van der Waals surface area contributed by atoms with Crippen molar-refractivity contribution in [1.82, 2.24) is 0 Å². The molecule has 0 aliphatic heterocycles. The van der Waals surface area contributed by atoms with E-state index in [1.807, 2.05) is 0 Å². The van der Waals surface area contributed by atoms with E-state index >= 15 is 0 Å². The highest BCUT2D eigenvalue weighted by atomic mass is 35.5. The lowest BCUT2D eigenvalue weighted by atomic mass is 10.1. The maximum absolute atomic E-state index is 11.7. The molecule has 1 aromatic rings. The van der Waals surface area contributed by atoms with Crippen molar-refractivity contribution in [2.45, 2.75) is 38.5 Å². The Kier molecular flexibility index (Phi) is 7.73. The highest BCUT2D eigenvalue weighted by Crippen LogP contribution is 2.15. The molecule has 1 rings (SSSR count). The smallest absolute Gasteiger partial charge is 0.305 e. The standard InChI is InChI=1S/C15H20ClNO3/c1-20-15(19)10-5-3-2-4-9-14(18)17-13-8-6-7-12(16)11-13/h6-8,11H,2-5,9-10H2,1H3,(H,17,18). The quantitative estimate of drug-likeness (QED) is 0.586. The van der Waals surface area contributed by atoms with Crippen molar-refractivity contribution in [3.05, 3.63) is 29.3 Å². The zero-order valence-corrected chi connectivity index (χ0v) is 12.4. The largest absolute Gasteiger partial charge is 0.469 e. The van der Waals surface area contributed by atoms with Gasteiger partial charge in [-0.3, -0.25) is 9.59 Å². The molecule has 5 heteroatoms. The van der Waals surface area contributed by atoms with Gasteiger partial charge in [0.2, 0.25) is 5.91 Å². The molecule has 1 aromatic carbocycles. The average molecular weight is 298 g/mol. The predicted octanol–water partition coefficient (Wildman–Crippen LogP) is 3.79. The topological polar surface area (TPSA) is 55.4 Å². The lowest BCUT2D eigenvalue weighted by Gasteiger charge is -2.05. The van der Waals surface area contributed by atoms with E-state index in [4.69, 9.17) is 11.6 Å². The molecule has 0 radical (unpaired) electrons. The molecule has 1 N–H and O–H groups in total. The number of rotatable bonds is 8. The third-order valence-corrected chi connectivity index (χ3v) is 3.11. The van der Waals surface area contributed by atoms with Gasteiger partial charge in [0.1, 0.15) is 0 Å². The fourth-order valence-electron chi connectivity index (χ4n) is 1.80. The van der Waals surface area contributed by atoms with Crippen LogP contribution in [0.4, 0.5) is 5.69 Å². The monoisotopic (exact) mass is 297 g/mol. The van der Waals surface area contributed by atoms with Gasteiger partial charge in [0.25, 0.3) is 0 Å². The minimum atomic E-state index is -0.177. The second kappa shape index (κ2) is 9.37. The Hall–Kier alpha value is -1.55. The highest BCUT2D eigenvalue weighted by molar-refractivity contribution is 6.30. The lowest BCUT2D eigenvalue weighted by Crippen LogP contribution is -2.10. The molecule has 0 saturated heterocycles. The minimum Gasteiger partial charge on any atom is -0.469 e.